The fraction of sp³-hybridized carbons (Fsp3) is 0.444. The van der Waals surface area contributed by atoms with E-state index in [4.69, 9.17) is 20.9 Å². The molecule has 2 aliphatic rings. The molecule has 1 aromatic rings. The first-order chi connectivity index (χ1) is 11.5. The van der Waals surface area contributed by atoms with E-state index in [2.05, 4.69) is 28.9 Å². The molecule has 6 heteroatoms. The summed E-state index contributed by atoms with van der Waals surface area (Å²) in [5.41, 5.74) is 13.8. The quantitative estimate of drug-likeness (QED) is 0.819. The van der Waals surface area contributed by atoms with Gasteiger partial charge in [-0.25, -0.2) is 0 Å². The number of hydrogen-bond donors (Lipinski definition) is 2. The molecule has 6 nitrogen and oxygen atoms in total. The Balaban J connectivity index is 1.60. The maximum atomic E-state index is 6.13. The molecule has 0 aliphatic carbocycles. The Morgan fingerprint density at radius 1 is 1.08 bits per heavy atom. The molecular weight excluding hydrogens is 304 g/mol. The van der Waals surface area contributed by atoms with Crippen molar-refractivity contribution in [3.05, 3.63) is 47.4 Å². The molecule has 0 spiro atoms. The molecule has 0 bridgehead atoms. The minimum absolute atomic E-state index is 0.314. The average molecular weight is 330 g/mol. The molecule has 1 aromatic carbocycles. The van der Waals surface area contributed by atoms with Crippen LogP contribution in [0, 0.1) is 0 Å². The van der Waals surface area contributed by atoms with Crippen LogP contribution >= 0.6 is 0 Å². The summed E-state index contributed by atoms with van der Waals surface area (Å²) in [6, 6.07) is 6.53. The van der Waals surface area contributed by atoms with Crippen LogP contribution in [0.3, 0.4) is 0 Å². The Morgan fingerprint density at radius 3 is 2.50 bits per heavy atom. The first kappa shape index (κ1) is 16.5. The summed E-state index contributed by atoms with van der Waals surface area (Å²) in [7, 11) is 0. The van der Waals surface area contributed by atoms with Crippen molar-refractivity contribution < 1.29 is 9.47 Å². The molecule has 24 heavy (non-hydrogen) atoms. The highest BCUT2D eigenvalue weighted by molar-refractivity contribution is 5.45. The van der Waals surface area contributed by atoms with Gasteiger partial charge in [-0.05, 0) is 43.7 Å². The molecular formula is C18H26N4O2. The molecule has 0 aromatic heterocycles. The number of benzene rings is 1. The number of allylic oxidation sites excluding steroid dienone is 3. The van der Waals surface area contributed by atoms with Gasteiger partial charge in [0.15, 0.2) is 11.5 Å². The number of nitrogens with zero attached hydrogens (tertiary/aromatic N) is 2. The molecule has 3 rings (SSSR count). The highest BCUT2D eigenvalue weighted by Gasteiger charge is 2.24. The minimum Gasteiger partial charge on any atom is -0.454 e. The molecule has 1 atom stereocenters. The lowest BCUT2D eigenvalue weighted by Crippen LogP contribution is -2.47. The lowest BCUT2D eigenvalue weighted by molar-refractivity contribution is 0.122. The van der Waals surface area contributed by atoms with Crippen molar-refractivity contribution in [3.63, 3.8) is 0 Å². The Bertz CT molecular complexity index is 644. The fourth-order valence-corrected chi connectivity index (χ4v) is 3.07. The summed E-state index contributed by atoms with van der Waals surface area (Å²) in [5.74, 6) is 2.45. The van der Waals surface area contributed by atoms with E-state index in [1.54, 1.807) is 0 Å². The van der Waals surface area contributed by atoms with Crippen molar-refractivity contribution >= 4 is 0 Å². The van der Waals surface area contributed by atoms with Crippen LogP contribution in [-0.2, 0) is 0 Å². The van der Waals surface area contributed by atoms with E-state index in [1.165, 1.54) is 5.56 Å². The fourth-order valence-electron chi connectivity index (χ4n) is 3.07. The van der Waals surface area contributed by atoms with Gasteiger partial charge in [0.1, 0.15) is 0 Å². The topological polar surface area (TPSA) is 77.0 Å². The van der Waals surface area contributed by atoms with E-state index in [1.807, 2.05) is 25.1 Å². The third-order valence-corrected chi connectivity index (χ3v) is 4.62. The second-order valence-electron chi connectivity index (χ2n) is 6.31. The Kier molecular flexibility index (Phi) is 4.85. The summed E-state index contributed by atoms with van der Waals surface area (Å²) in [5, 5.41) is 0. The SMILES string of the molecule is C/C(N)=C/C=C(\N)N1CCN(C(C)c2ccc3c(c2)OCO3)CC1. The van der Waals surface area contributed by atoms with Crippen molar-refractivity contribution in [3.8, 4) is 11.5 Å². The summed E-state index contributed by atoms with van der Waals surface area (Å²) >= 11 is 0. The van der Waals surface area contributed by atoms with Crippen molar-refractivity contribution in [2.24, 2.45) is 11.5 Å². The zero-order chi connectivity index (χ0) is 17.1. The van der Waals surface area contributed by atoms with Crippen LogP contribution < -0.4 is 20.9 Å². The van der Waals surface area contributed by atoms with Crippen molar-refractivity contribution in [1.29, 1.82) is 0 Å². The van der Waals surface area contributed by atoms with E-state index >= 15 is 0 Å². The molecule has 1 saturated heterocycles. The van der Waals surface area contributed by atoms with E-state index in [0.717, 1.165) is 49.2 Å². The lowest BCUT2D eigenvalue weighted by atomic mass is 10.1. The molecule has 1 unspecified atom stereocenters. The molecule has 2 heterocycles. The molecule has 130 valence electrons. The van der Waals surface area contributed by atoms with Gasteiger partial charge in [-0.1, -0.05) is 6.07 Å². The standard InChI is InChI=1S/C18H26N4O2/c1-13(19)3-6-18(20)22-9-7-21(8-10-22)14(2)15-4-5-16-17(11-15)24-12-23-16/h3-6,11,14H,7-10,12,19-20H2,1-2H3/b13-3-,18-6+. The maximum absolute atomic E-state index is 6.13. The van der Waals surface area contributed by atoms with Crippen LogP contribution in [-0.4, -0.2) is 42.8 Å². The van der Waals surface area contributed by atoms with Gasteiger partial charge in [0.2, 0.25) is 6.79 Å². The molecule has 0 saturated carbocycles. The first-order valence-electron chi connectivity index (χ1n) is 8.32. The van der Waals surface area contributed by atoms with Crippen LogP contribution in [0.15, 0.2) is 41.9 Å². The average Bonchev–Trinajstić information content (AvgIpc) is 3.06. The third-order valence-electron chi connectivity index (χ3n) is 4.62. The predicted molar refractivity (Wildman–Crippen MR) is 94.3 cm³/mol. The Hall–Kier alpha value is -2.34. The van der Waals surface area contributed by atoms with Crippen LogP contribution in [0.1, 0.15) is 25.5 Å². The van der Waals surface area contributed by atoms with Crippen LogP contribution in [0.4, 0.5) is 0 Å². The summed E-state index contributed by atoms with van der Waals surface area (Å²) in [6.45, 7) is 8.16. The Morgan fingerprint density at radius 2 is 1.79 bits per heavy atom. The van der Waals surface area contributed by atoms with E-state index < -0.39 is 0 Å². The second kappa shape index (κ2) is 7.05. The Labute approximate surface area is 143 Å². The highest BCUT2D eigenvalue weighted by Crippen LogP contribution is 2.35. The van der Waals surface area contributed by atoms with E-state index in [0.29, 0.717) is 12.8 Å². The monoisotopic (exact) mass is 330 g/mol. The molecule has 4 N–H and O–H groups in total. The maximum Gasteiger partial charge on any atom is 0.231 e. The zero-order valence-electron chi connectivity index (χ0n) is 14.4. The second-order valence-corrected chi connectivity index (χ2v) is 6.31. The van der Waals surface area contributed by atoms with Gasteiger partial charge in [-0.3, -0.25) is 4.90 Å². The van der Waals surface area contributed by atoms with Crippen LogP contribution in [0.25, 0.3) is 0 Å². The number of fused-ring (bicyclic) bond motifs is 1. The number of rotatable bonds is 4. The van der Waals surface area contributed by atoms with Gasteiger partial charge in [-0.2, -0.15) is 0 Å². The van der Waals surface area contributed by atoms with Crippen LogP contribution in [0.2, 0.25) is 0 Å². The summed E-state index contributed by atoms with van der Waals surface area (Å²) in [4.78, 5) is 4.66. The molecule has 2 aliphatic heterocycles. The van der Waals surface area contributed by atoms with Crippen molar-refractivity contribution in [2.45, 2.75) is 19.9 Å². The van der Waals surface area contributed by atoms with Gasteiger partial charge in [-0.15, -0.1) is 0 Å². The number of ether oxygens (including phenoxy) is 2. The smallest absolute Gasteiger partial charge is 0.231 e. The van der Waals surface area contributed by atoms with Crippen molar-refractivity contribution in [1.82, 2.24) is 9.80 Å². The number of nitrogens with two attached hydrogens (primary N) is 2. The third kappa shape index (κ3) is 3.59. The van der Waals surface area contributed by atoms with Crippen molar-refractivity contribution in [2.75, 3.05) is 33.0 Å². The molecule has 0 amide bonds. The van der Waals surface area contributed by atoms with E-state index in [9.17, 15) is 0 Å². The van der Waals surface area contributed by atoms with Gasteiger partial charge in [0, 0.05) is 37.9 Å². The normalized spacial score (nSPS) is 20.3. The van der Waals surface area contributed by atoms with Gasteiger partial charge in [0.25, 0.3) is 0 Å². The number of piperazine rings is 1. The van der Waals surface area contributed by atoms with Gasteiger partial charge < -0.3 is 25.8 Å². The first-order valence-corrected chi connectivity index (χ1v) is 8.32. The highest BCUT2D eigenvalue weighted by atomic mass is 16.7. The minimum atomic E-state index is 0.314. The molecule has 0 radical (unpaired) electrons. The van der Waals surface area contributed by atoms with Crippen LogP contribution in [0.5, 0.6) is 11.5 Å². The lowest BCUT2D eigenvalue weighted by Gasteiger charge is -2.39. The number of hydrogen-bond acceptors (Lipinski definition) is 6. The summed E-state index contributed by atoms with van der Waals surface area (Å²) in [6.07, 6.45) is 3.73. The van der Waals surface area contributed by atoms with Gasteiger partial charge >= 0.3 is 0 Å². The molecule has 1 fully saturated rings. The van der Waals surface area contributed by atoms with E-state index in [-0.39, 0.29) is 0 Å². The summed E-state index contributed by atoms with van der Waals surface area (Å²) < 4.78 is 10.9. The largest absolute Gasteiger partial charge is 0.454 e. The van der Waals surface area contributed by atoms with Gasteiger partial charge in [0.05, 0.1) is 5.82 Å². The zero-order valence-corrected chi connectivity index (χ0v) is 14.4. The predicted octanol–water partition coefficient (Wildman–Crippen LogP) is 1.76.